The van der Waals surface area contributed by atoms with Crippen molar-refractivity contribution in [2.75, 3.05) is 7.11 Å². The minimum absolute atomic E-state index is 0.112. The van der Waals surface area contributed by atoms with Crippen molar-refractivity contribution >= 4 is 6.03 Å². The van der Waals surface area contributed by atoms with Gasteiger partial charge in [-0.1, -0.05) is 6.07 Å². The molecule has 0 aliphatic heterocycles. The maximum absolute atomic E-state index is 13.5. The fraction of sp³-hybridized carbons (Fsp3) is 0.562. The van der Waals surface area contributed by atoms with Crippen LogP contribution in [-0.4, -0.2) is 30.4 Å². The van der Waals surface area contributed by atoms with Gasteiger partial charge in [-0.3, -0.25) is 0 Å². The smallest absolute Gasteiger partial charge is 0.315 e. The Kier molecular flexibility index (Phi) is 6.15. The summed E-state index contributed by atoms with van der Waals surface area (Å²) in [5.74, 6) is -0.309. The molecule has 0 bridgehead atoms. The van der Waals surface area contributed by atoms with Gasteiger partial charge < -0.3 is 20.5 Å². The van der Waals surface area contributed by atoms with Crippen LogP contribution in [0, 0.1) is 5.82 Å². The van der Waals surface area contributed by atoms with Crippen LogP contribution in [0.4, 0.5) is 9.18 Å². The third kappa shape index (κ3) is 4.96. The molecule has 0 atom stereocenters. The van der Waals surface area contributed by atoms with Gasteiger partial charge in [-0.25, -0.2) is 9.18 Å². The summed E-state index contributed by atoms with van der Waals surface area (Å²) >= 11 is 0. The zero-order chi connectivity index (χ0) is 15.9. The van der Waals surface area contributed by atoms with Crippen LogP contribution in [0.1, 0.15) is 36.8 Å². The minimum atomic E-state index is -0.309. The molecule has 1 aliphatic rings. The minimum Gasteiger partial charge on any atom is -0.393 e. The molecule has 2 rings (SSSR count). The van der Waals surface area contributed by atoms with Crippen LogP contribution in [0.3, 0.4) is 0 Å². The molecule has 0 spiro atoms. The molecular formula is C16H23FN2O3. The zero-order valence-electron chi connectivity index (χ0n) is 12.8. The average Bonchev–Trinajstić information content (AvgIpc) is 2.50. The third-order valence-corrected chi connectivity index (χ3v) is 3.89. The second-order valence-electron chi connectivity index (χ2n) is 5.69. The Morgan fingerprint density at radius 3 is 2.77 bits per heavy atom. The van der Waals surface area contributed by atoms with E-state index < -0.39 is 0 Å². The number of halogens is 1. The van der Waals surface area contributed by atoms with Crippen LogP contribution < -0.4 is 10.6 Å². The predicted molar refractivity (Wildman–Crippen MR) is 80.7 cm³/mol. The van der Waals surface area contributed by atoms with E-state index in [-0.39, 0.29) is 30.6 Å². The Morgan fingerprint density at radius 2 is 2.09 bits per heavy atom. The van der Waals surface area contributed by atoms with E-state index in [1.165, 1.54) is 13.2 Å². The number of aliphatic hydroxyl groups excluding tert-OH is 1. The van der Waals surface area contributed by atoms with Crippen molar-refractivity contribution in [1.82, 2.24) is 10.6 Å². The Morgan fingerprint density at radius 1 is 1.36 bits per heavy atom. The molecule has 0 unspecified atom stereocenters. The first kappa shape index (κ1) is 16.7. The summed E-state index contributed by atoms with van der Waals surface area (Å²) in [6.07, 6.45) is 2.80. The summed E-state index contributed by atoms with van der Waals surface area (Å²) in [4.78, 5) is 11.9. The summed E-state index contributed by atoms with van der Waals surface area (Å²) < 4.78 is 18.4. The number of carbonyl (C=O) groups excluding carboxylic acids is 1. The zero-order valence-corrected chi connectivity index (χ0v) is 12.8. The lowest BCUT2D eigenvalue weighted by Gasteiger charge is -2.26. The standard InChI is InChI=1S/C16H23FN2O3/c1-22-10-12-8-11(2-7-15(12)17)9-18-16(21)19-13-3-5-14(20)6-4-13/h2,7-8,13-14,20H,3-6,9-10H2,1H3,(H2,18,19,21). The maximum Gasteiger partial charge on any atom is 0.315 e. The number of nitrogens with one attached hydrogen (secondary N) is 2. The van der Waals surface area contributed by atoms with Crippen molar-refractivity contribution in [2.24, 2.45) is 0 Å². The molecule has 1 saturated carbocycles. The molecular weight excluding hydrogens is 287 g/mol. The Bertz CT molecular complexity index is 502. The van der Waals surface area contributed by atoms with Crippen LogP contribution in [0.25, 0.3) is 0 Å². The van der Waals surface area contributed by atoms with Crippen molar-refractivity contribution in [3.05, 3.63) is 35.1 Å². The van der Waals surface area contributed by atoms with Gasteiger partial charge >= 0.3 is 6.03 Å². The number of hydrogen-bond donors (Lipinski definition) is 3. The topological polar surface area (TPSA) is 70.6 Å². The third-order valence-electron chi connectivity index (χ3n) is 3.89. The van der Waals surface area contributed by atoms with Crippen molar-refractivity contribution in [3.8, 4) is 0 Å². The monoisotopic (exact) mass is 310 g/mol. The highest BCUT2D eigenvalue weighted by molar-refractivity contribution is 5.74. The van der Waals surface area contributed by atoms with Gasteiger partial charge in [-0.2, -0.15) is 0 Å². The van der Waals surface area contributed by atoms with Gasteiger partial charge in [0.25, 0.3) is 0 Å². The molecule has 1 aromatic rings. The summed E-state index contributed by atoms with van der Waals surface area (Å²) in [7, 11) is 1.51. The number of aliphatic hydroxyl groups is 1. The number of hydrogen-bond acceptors (Lipinski definition) is 3. The molecule has 6 heteroatoms. The fourth-order valence-corrected chi connectivity index (χ4v) is 2.64. The quantitative estimate of drug-likeness (QED) is 0.780. The summed E-state index contributed by atoms with van der Waals surface area (Å²) in [6, 6.07) is 4.59. The van der Waals surface area contributed by atoms with E-state index in [0.717, 1.165) is 31.2 Å². The van der Waals surface area contributed by atoms with E-state index in [1.807, 2.05) is 0 Å². The number of ether oxygens (including phenoxy) is 1. The molecule has 0 radical (unpaired) electrons. The molecule has 1 aromatic carbocycles. The molecule has 0 aromatic heterocycles. The van der Waals surface area contributed by atoms with Gasteiger partial charge in [0.15, 0.2) is 0 Å². The summed E-state index contributed by atoms with van der Waals surface area (Å²) in [5, 5.41) is 15.1. The molecule has 1 aliphatic carbocycles. The van der Waals surface area contributed by atoms with Gasteiger partial charge in [-0.15, -0.1) is 0 Å². The molecule has 5 nitrogen and oxygen atoms in total. The number of amides is 2. The second-order valence-corrected chi connectivity index (χ2v) is 5.69. The van der Waals surface area contributed by atoms with Crippen LogP contribution >= 0.6 is 0 Å². The number of benzene rings is 1. The van der Waals surface area contributed by atoms with Gasteiger partial charge in [0.05, 0.1) is 12.7 Å². The van der Waals surface area contributed by atoms with Crippen molar-refractivity contribution in [3.63, 3.8) is 0 Å². The van der Waals surface area contributed by atoms with E-state index in [9.17, 15) is 14.3 Å². The molecule has 2 amide bonds. The van der Waals surface area contributed by atoms with Gasteiger partial charge in [0.2, 0.25) is 0 Å². The first-order valence-electron chi connectivity index (χ1n) is 7.57. The normalized spacial score (nSPS) is 21.4. The highest BCUT2D eigenvalue weighted by Gasteiger charge is 2.20. The maximum atomic E-state index is 13.5. The van der Waals surface area contributed by atoms with E-state index >= 15 is 0 Å². The Balaban J connectivity index is 1.79. The fourth-order valence-electron chi connectivity index (χ4n) is 2.64. The van der Waals surface area contributed by atoms with Crippen LogP contribution in [0.5, 0.6) is 0 Å². The number of carbonyl (C=O) groups is 1. The molecule has 0 saturated heterocycles. The summed E-state index contributed by atoms with van der Waals surface area (Å²) in [5.41, 5.74) is 1.30. The Hall–Kier alpha value is -1.66. The molecule has 3 N–H and O–H groups in total. The van der Waals surface area contributed by atoms with Crippen LogP contribution in [-0.2, 0) is 17.9 Å². The van der Waals surface area contributed by atoms with Gasteiger partial charge in [-0.05, 0) is 43.4 Å². The second kappa shape index (κ2) is 8.10. The predicted octanol–water partition coefficient (Wildman–Crippen LogP) is 2.07. The van der Waals surface area contributed by atoms with E-state index in [4.69, 9.17) is 4.74 Å². The number of methoxy groups -OCH3 is 1. The van der Waals surface area contributed by atoms with Crippen LogP contribution in [0.2, 0.25) is 0 Å². The first-order chi connectivity index (χ1) is 10.6. The molecule has 22 heavy (non-hydrogen) atoms. The van der Waals surface area contributed by atoms with Crippen molar-refractivity contribution in [2.45, 2.75) is 51.0 Å². The first-order valence-corrected chi connectivity index (χ1v) is 7.57. The lowest BCUT2D eigenvalue weighted by molar-refractivity contribution is 0.117. The van der Waals surface area contributed by atoms with Crippen molar-refractivity contribution in [1.29, 1.82) is 0 Å². The molecule has 0 heterocycles. The summed E-state index contributed by atoms with van der Waals surface area (Å²) in [6.45, 7) is 0.536. The highest BCUT2D eigenvalue weighted by Crippen LogP contribution is 2.18. The van der Waals surface area contributed by atoms with Gasteiger partial charge in [0.1, 0.15) is 5.82 Å². The van der Waals surface area contributed by atoms with E-state index in [0.29, 0.717) is 12.1 Å². The Labute approximate surface area is 129 Å². The largest absolute Gasteiger partial charge is 0.393 e. The lowest BCUT2D eigenvalue weighted by atomic mass is 9.93. The van der Waals surface area contributed by atoms with E-state index in [2.05, 4.69) is 10.6 Å². The number of rotatable bonds is 5. The molecule has 1 fully saturated rings. The van der Waals surface area contributed by atoms with Gasteiger partial charge in [0, 0.05) is 25.3 Å². The SMILES string of the molecule is COCc1cc(CNC(=O)NC2CCC(O)CC2)ccc1F. The van der Waals surface area contributed by atoms with E-state index in [1.54, 1.807) is 12.1 Å². The lowest BCUT2D eigenvalue weighted by Crippen LogP contribution is -2.43. The highest BCUT2D eigenvalue weighted by atomic mass is 19.1. The van der Waals surface area contributed by atoms with Crippen LogP contribution in [0.15, 0.2) is 18.2 Å². The van der Waals surface area contributed by atoms with Crippen molar-refractivity contribution < 1.29 is 19.0 Å². The molecule has 122 valence electrons. The average molecular weight is 310 g/mol. The number of urea groups is 1.